The van der Waals surface area contributed by atoms with Crippen molar-refractivity contribution in [1.82, 2.24) is 15.0 Å². The molecule has 2 aromatic heterocycles. The van der Waals surface area contributed by atoms with Crippen LogP contribution in [0.15, 0.2) is 43.0 Å². The molecule has 0 saturated carbocycles. The first-order valence-electron chi connectivity index (χ1n) is 4.85. The van der Waals surface area contributed by atoms with Gasteiger partial charge in [-0.05, 0) is 12.1 Å². The molecule has 0 aliphatic carbocycles. The predicted octanol–water partition coefficient (Wildman–Crippen LogP) is 1.53. The van der Waals surface area contributed by atoms with Crippen molar-refractivity contribution >= 4 is 5.82 Å². The van der Waals surface area contributed by atoms with Crippen LogP contribution in [0.25, 0.3) is 0 Å². The monoisotopic (exact) mass is 200 g/mol. The molecule has 2 rings (SSSR count). The van der Waals surface area contributed by atoms with E-state index >= 15 is 0 Å². The summed E-state index contributed by atoms with van der Waals surface area (Å²) in [5, 5.41) is 3.21. The van der Waals surface area contributed by atoms with Crippen molar-refractivity contribution in [1.29, 1.82) is 0 Å². The van der Waals surface area contributed by atoms with Gasteiger partial charge in [0.2, 0.25) is 0 Å². The molecule has 0 aliphatic rings. The number of nitrogens with zero attached hydrogens (tertiary/aromatic N) is 3. The molecule has 1 N–H and O–H groups in total. The standard InChI is InChI=1S/C11H12N4/c1-2-5-14-11(3-1)15-6-4-10-9-12-7-8-13-10/h1-3,5,7-9H,4,6H2,(H,14,15). The van der Waals surface area contributed by atoms with Gasteiger partial charge in [0, 0.05) is 37.8 Å². The van der Waals surface area contributed by atoms with E-state index < -0.39 is 0 Å². The van der Waals surface area contributed by atoms with Crippen molar-refractivity contribution < 1.29 is 0 Å². The highest BCUT2D eigenvalue weighted by molar-refractivity contribution is 5.33. The van der Waals surface area contributed by atoms with Gasteiger partial charge in [-0.25, -0.2) is 4.98 Å². The Hall–Kier alpha value is -1.97. The fraction of sp³-hybridized carbons (Fsp3) is 0.182. The second-order valence-corrected chi connectivity index (χ2v) is 3.09. The molecule has 0 aliphatic heterocycles. The van der Waals surface area contributed by atoms with E-state index in [2.05, 4.69) is 20.3 Å². The Balaban J connectivity index is 1.81. The average molecular weight is 200 g/mol. The highest BCUT2D eigenvalue weighted by atomic mass is 15.0. The van der Waals surface area contributed by atoms with Crippen LogP contribution in [-0.2, 0) is 6.42 Å². The Morgan fingerprint density at radius 2 is 2.07 bits per heavy atom. The highest BCUT2D eigenvalue weighted by Gasteiger charge is 1.94. The first-order valence-corrected chi connectivity index (χ1v) is 4.85. The summed E-state index contributed by atoms with van der Waals surface area (Å²) in [6.07, 6.45) is 7.78. The molecule has 0 fully saturated rings. The van der Waals surface area contributed by atoms with Crippen LogP contribution in [0.2, 0.25) is 0 Å². The fourth-order valence-corrected chi connectivity index (χ4v) is 1.25. The van der Waals surface area contributed by atoms with Crippen molar-refractivity contribution in [3.05, 3.63) is 48.7 Å². The number of nitrogens with one attached hydrogen (secondary N) is 1. The summed E-state index contributed by atoms with van der Waals surface area (Å²) in [6.45, 7) is 0.815. The third kappa shape index (κ3) is 3.02. The number of hydrogen-bond donors (Lipinski definition) is 1. The van der Waals surface area contributed by atoms with Crippen molar-refractivity contribution in [3.8, 4) is 0 Å². The largest absolute Gasteiger partial charge is 0.370 e. The van der Waals surface area contributed by atoms with Gasteiger partial charge in [0.1, 0.15) is 5.82 Å². The van der Waals surface area contributed by atoms with Crippen LogP contribution in [-0.4, -0.2) is 21.5 Å². The second kappa shape index (κ2) is 5.05. The number of pyridine rings is 1. The predicted molar refractivity (Wildman–Crippen MR) is 58.5 cm³/mol. The van der Waals surface area contributed by atoms with Gasteiger partial charge in [-0.1, -0.05) is 6.07 Å². The molecular formula is C11H12N4. The Morgan fingerprint density at radius 1 is 1.07 bits per heavy atom. The smallest absolute Gasteiger partial charge is 0.125 e. The molecule has 0 amide bonds. The summed E-state index contributed by atoms with van der Waals surface area (Å²) in [6, 6.07) is 5.79. The van der Waals surface area contributed by atoms with Crippen LogP contribution in [0.1, 0.15) is 5.69 Å². The minimum Gasteiger partial charge on any atom is -0.370 e. The van der Waals surface area contributed by atoms with Gasteiger partial charge in [-0.2, -0.15) is 0 Å². The van der Waals surface area contributed by atoms with E-state index in [1.165, 1.54) is 0 Å². The molecule has 4 heteroatoms. The van der Waals surface area contributed by atoms with E-state index in [0.717, 1.165) is 24.5 Å². The van der Waals surface area contributed by atoms with Crippen LogP contribution >= 0.6 is 0 Å². The third-order valence-corrected chi connectivity index (χ3v) is 1.97. The normalized spacial score (nSPS) is 9.87. The summed E-state index contributed by atoms with van der Waals surface area (Å²) >= 11 is 0. The molecule has 2 heterocycles. The zero-order valence-corrected chi connectivity index (χ0v) is 8.30. The van der Waals surface area contributed by atoms with Gasteiger partial charge < -0.3 is 5.32 Å². The zero-order valence-electron chi connectivity index (χ0n) is 8.30. The van der Waals surface area contributed by atoms with Gasteiger partial charge in [0.15, 0.2) is 0 Å². The highest BCUT2D eigenvalue weighted by Crippen LogP contribution is 2.00. The van der Waals surface area contributed by atoms with E-state index in [9.17, 15) is 0 Å². The summed E-state index contributed by atoms with van der Waals surface area (Å²) in [5.41, 5.74) is 0.987. The first kappa shape index (κ1) is 9.58. The van der Waals surface area contributed by atoms with Crippen LogP contribution in [0.3, 0.4) is 0 Å². The summed E-state index contributed by atoms with van der Waals surface area (Å²) in [5.74, 6) is 0.890. The topological polar surface area (TPSA) is 50.7 Å². The molecule has 0 aromatic carbocycles. The Labute approximate surface area is 88.4 Å². The quantitative estimate of drug-likeness (QED) is 0.813. The Morgan fingerprint density at radius 3 is 2.80 bits per heavy atom. The van der Waals surface area contributed by atoms with Crippen LogP contribution < -0.4 is 5.32 Å². The summed E-state index contributed by atoms with van der Waals surface area (Å²) in [7, 11) is 0. The molecule has 15 heavy (non-hydrogen) atoms. The van der Waals surface area contributed by atoms with E-state index in [1.54, 1.807) is 24.8 Å². The van der Waals surface area contributed by atoms with Gasteiger partial charge in [-0.3, -0.25) is 9.97 Å². The SMILES string of the molecule is c1ccc(NCCc2cnccn2)nc1. The molecule has 0 spiro atoms. The van der Waals surface area contributed by atoms with Crippen molar-refractivity contribution in [3.63, 3.8) is 0 Å². The van der Waals surface area contributed by atoms with Crippen LogP contribution in [0.5, 0.6) is 0 Å². The Bertz CT molecular complexity index is 348. The maximum Gasteiger partial charge on any atom is 0.125 e. The van der Waals surface area contributed by atoms with Crippen LogP contribution in [0.4, 0.5) is 5.82 Å². The van der Waals surface area contributed by atoms with Gasteiger partial charge >= 0.3 is 0 Å². The summed E-state index contributed by atoms with van der Waals surface area (Å²) < 4.78 is 0. The molecule has 76 valence electrons. The molecule has 4 nitrogen and oxygen atoms in total. The van der Waals surface area contributed by atoms with Gasteiger partial charge in [0.05, 0.1) is 5.69 Å². The first-order chi connectivity index (χ1) is 7.45. The number of rotatable bonds is 4. The Kier molecular flexibility index (Phi) is 3.22. The van der Waals surface area contributed by atoms with Crippen LogP contribution in [0, 0.1) is 0 Å². The minimum atomic E-state index is 0.815. The lowest BCUT2D eigenvalue weighted by Gasteiger charge is -2.03. The second-order valence-electron chi connectivity index (χ2n) is 3.09. The maximum atomic E-state index is 4.19. The number of hydrogen-bond acceptors (Lipinski definition) is 4. The number of anilines is 1. The molecular weight excluding hydrogens is 188 g/mol. The molecule has 0 unspecified atom stereocenters. The van der Waals surface area contributed by atoms with Gasteiger partial charge in [-0.15, -0.1) is 0 Å². The molecule has 0 atom stereocenters. The average Bonchev–Trinajstić information content (AvgIpc) is 2.32. The third-order valence-electron chi connectivity index (χ3n) is 1.97. The van der Waals surface area contributed by atoms with E-state index in [-0.39, 0.29) is 0 Å². The molecule has 2 aromatic rings. The van der Waals surface area contributed by atoms with Crippen molar-refractivity contribution in [2.45, 2.75) is 6.42 Å². The van der Waals surface area contributed by atoms with Crippen molar-refractivity contribution in [2.24, 2.45) is 0 Å². The molecule has 0 saturated heterocycles. The van der Waals surface area contributed by atoms with E-state index in [4.69, 9.17) is 0 Å². The van der Waals surface area contributed by atoms with Crippen molar-refractivity contribution in [2.75, 3.05) is 11.9 Å². The minimum absolute atomic E-state index is 0.815. The number of aromatic nitrogens is 3. The van der Waals surface area contributed by atoms with E-state index in [1.807, 2.05) is 18.2 Å². The van der Waals surface area contributed by atoms with Gasteiger partial charge in [0.25, 0.3) is 0 Å². The fourth-order valence-electron chi connectivity index (χ4n) is 1.25. The zero-order chi connectivity index (χ0) is 10.3. The summed E-state index contributed by atoms with van der Waals surface area (Å²) in [4.78, 5) is 12.4. The maximum absolute atomic E-state index is 4.19. The van der Waals surface area contributed by atoms with E-state index in [0.29, 0.717) is 0 Å². The molecule has 0 radical (unpaired) electrons. The lowest BCUT2D eigenvalue weighted by molar-refractivity contribution is 0.935. The lowest BCUT2D eigenvalue weighted by Crippen LogP contribution is -2.06. The molecule has 0 bridgehead atoms. The lowest BCUT2D eigenvalue weighted by atomic mass is 10.3.